The van der Waals surface area contributed by atoms with Crippen molar-refractivity contribution in [3.05, 3.63) is 12.7 Å². The van der Waals surface area contributed by atoms with E-state index in [1.165, 1.54) is 31.0 Å². The highest BCUT2D eigenvalue weighted by Crippen LogP contribution is 2.04. The van der Waals surface area contributed by atoms with E-state index in [4.69, 9.17) is 10.2 Å². The fraction of sp³-hybridized carbons (Fsp3) is 0.810. The molecule has 0 rings (SSSR count). The summed E-state index contributed by atoms with van der Waals surface area (Å²) in [5, 5.41) is 17.6. The Bertz CT molecular complexity index is 278. The van der Waals surface area contributed by atoms with Crippen LogP contribution in [0.1, 0.15) is 92.4 Å². The number of hydrogen-bond donors (Lipinski definition) is 2. The largest absolute Gasteiger partial charge is 0.481 e. The number of hydrogen-bond acceptors (Lipinski definition) is 3. The third-order valence-electron chi connectivity index (χ3n) is 3.15. The van der Waals surface area contributed by atoms with E-state index >= 15 is 0 Å². The number of aliphatic carboxylic acids is 1. The average Bonchev–Trinajstić information content (AvgIpc) is 2.59. The lowest BCUT2D eigenvalue weighted by Crippen LogP contribution is -2.02. The van der Waals surface area contributed by atoms with E-state index in [-0.39, 0.29) is 5.78 Å². The molecule has 0 aromatic heterocycles. The number of carboxylic acids is 1. The van der Waals surface area contributed by atoms with Gasteiger partial charge in [0.2, 0.25) is 0 Å². The highest BCUT2D eigenvalue weighted by Gasteiger charge is 2.02. The highest BCUT2D eigenvalue weighted by molar-refractivity contribution is 9.09. The molecule has 158 valence electrons. The van der Waals surface area contributed by atoms with Gasteiger partial charge in [-0.05, 0) is 25.7 Å². The van der Waals surface area contributed by atoms with Crippen molar-refractivity contribution in [1.82, 2.24) is 0 Å². The number of alkyl halides is 1. The molecule has 2 N–H and O–H groups in total. The number of carbonyl (C=O) groups is 2. The van der Waals surface area contributed by atoms with Crippen LogP contribution in [0.4, 0.5) is 0 Å². The Morgan fingerprint density at radius 1 is 1.08 bits per heavy atom. The average molecular weight is 439 g/mol. The van der Waals surface area contributed by atoms with Crippen LogP contribution >= 0.6 is 15.9 Å². The first kappa shape index (κ1) is 32.9. The minimum absolute atomic E-state index is 0.171. The molecule has 0 aromatic carbocycles. The van der Waals surface area contributed by atoms with Crippen LogP contribution in [0.3, 0.4) is 0 Å². The molecular weight excluding hydrogens is 396 g/mol. The van der Waals surface area contributed by atoms with E-state index in [0.717, 1.165) is 19.3 Å². The van der Waals surface area contributed by atoms with Crippen molar-refractivity contribution in [1.29, 1.82) is 0 Å². The molecule has 0 aliphatic heterocycles. The summed E-state index contributed by atoms with van der Waals surface area (Å²) in [5.74, 6) is -0.197. The monoisotopic (exact) mass is 438 g/mol. The van der Waals surface area contributed by atoms with Crippen molar-refractivity contribution in [2.45, 2.75) is 92.4 Å². The van der Waals surface area contributed by atoms with Crippen molar-refractivity contribution in [3.8, 4) is 0 Å². The first-order valence-electron chi connectivity index (χ1n) is 9.75. The van der Waals surface area contributed by atoms with E-state index in [1.54, 1.807) is 13.0 Å². The lowest BCUT2D eigenvalue weighted by molar-refractivity contribution is -0.138. The SMILES string of the molecule is C=CCC(C)=O.CCC(C)CC(=O)O.CCCCCBr.CCCCCO. The number of rotatable bonds is 11. The van der Waals surface area contributed by atoms with Gasteiger partial charge < -0.3 is 10.2 Å². The van der Waals surface area contributed by atoms with Gasteiger partial charge in [-0.2, -0.15) is 0 Å². The number of aliphatic hydroxyl groups is 1. The molecule has 0 fully saturated rings. The number of allylic oxidation sites excluding steroid dienone is 1. The van der Waals surface area contributed by atoms with Crippen molar-refractivity contribution < 1.29 is 19.8 Å². The zero-order chi connectivity index (χ0) is 21.2. The smallest absolute Gasteiger partial charge is 0.303 e. The molecule has 0 saturated heterocycles. The van der Waals surface area contributed by atoms with Crippen molar-refractivity contribution in [2.75, 3.05) is 11.9 Å². The second-order valence-electron chi connectivity index (χ2n) is 6.13. The molecule has 0 aliphatic rings. The zero-order valence-electron chi connectivity index (χ0n) is 17.7. The molecule has 26 heavy (non-hydrogen) atoms. The molecule has 0 spiro atoms. The van der Waals surface area contributed by atoms with Crippen LogP contribution in [0.2, 0.25) is 0 Å². The fourth-order valence-corrected chi connectivity index (χ4v) is 1.75. The van der Waals surface area contributed by atoms with E-state index in [0.29, 0.717) is 25.4 Å². The van der Waals surface area contributed by atoms with Gasteiger partial charge in [0.1, 0.15) is 5.78 Å². The lowest BCUT2D eigenvalue weighted by Gasteiger charge is -2.00. The molecule has 1 atom stereocenters. The summed E-state index contributed by atoms with van der Waals surface area (Å²) in [6.45, 7) is 13.5. The standard InChI is InChI=1S/C6H12O2.C5H11Br.C5H8O.C5H12O/c1-3-5(2)4-6(7)8;1-2-3-4-5-6;1-3-4-5(2)6;1-2-3-4-5-6/h5H,3-4H2,1-2H3,(H,7,8);2-5H2,1H3;3H,1,4H2,2H3;6H,2-5H2,1H3. The van der Waals surface area contributed by atoms with E-state index in [9.17, 15) is 9.59 Å². The molecule has 0 aliphatic carbocycles. The van der Waals surface area contributed by atoms with Crippen LogP contribution in [-0.2, 0) is 9.59 Å². The van der Waals surface area contributed by atoms with Crippen LogP contribution in [0.5, 0.6) is 0 Å². The van der Waals surface area contributed by atoms with Gasteiger partial charge >= 0.3 is 5.97 Å². The van der Waals surface area contributed by atoms with Gasteiger partial charge in [-0.25, -0.2) is 0 Å². The normalized spacial score (nSPS) is 9.96. The van der Waals surface area contributed by atoms with Gasteiger partial charge in [-0.1, -0.05) is 81.8 Å². The van der Waals surface area contributed by atoms with Gasteiger partial charge in [-0.15, -0.1) is 6.58 Å². The van der Waals surface area contributed by atoms with Gasteiger partial charge in [0.15, 0.2) is 0 Å². The quantitative estimate of drug-likeness (QED) is 0.222. The second-order valence-corrected chi connectivity index (χ2v) is 6.93. The molecule has 0 bridgehead atoms. The van der Waals surface area contributed by atoms with Crippen molar-refractivity contribution in [2.24, 2.45) is 5.92 Å². The Hall–Kier alpha value is -0.680. The van der Waals surface area contributed by atoms with Crippen molar-refractivity contribution >= 4 is 27.7 Å². The Labute approximate surface area is 170 Å². The summed E-state index contributed by atoms with van der Waals surface area (Å²) < 4.78 is 0. The van der Waals surface area contributed by atoms with Gasteiger partial charge in [0.05, 0.1) is 0 Å². The summed E-state index contributed by atoms with van der Waals surface area (Å²) in [7, 11) is 0. The van der Waals surface area contributed by atoms with E-state index in [2.05, 4.69) is 36.4 Å². The Morgan fingerprint density at radius 2 is 1.58 bits per heavy atom. The Balaban J connectivity index is -0.000000125. The Morgan fingerprint density at radius 3 is 1.69 bits per heavy atom. The maximum absolute atomic E-state index is 9.97. The molecular formula is C21H43BrO4. The fourth-order valence-electron chi connectivity index (χ4n) is 1.35. The van der Waals surface area contributed by atoms with Crippen molar-refractivity contribution in [3.63, 3.8) is 0 Å². The molecule has 1 unspecified atom stereocenters. The molecule has 4 nitrogen and oxygen atoms in total. The molecule has 0 amide bonds. The molecule has 5 heteroatoms. The molecule has 0 radical (unpaired) electrons. The lowest BCUT2D eigenvalue weighted by atomic mass is 10.1. The van der Waals surface area contributed by atoms with Crippen LogP contribution in [0.25, 0.3) is 0 Å². The van der Waals surface area contributed by atoms with Crippen LogP contribution in [0.15, 0.2) is 12.7 Å². The summed E-state index contributed by atoms with van der Waals surface area (Å²) in [6.07, 6.45) is 10.7. The van der Waals surface area contributed by atoms with Gasteiger partial charge in [-0.3, -0.25) is 9.59 Å². The maximum Gasteiger partial charge on any atom is 0.303 e. The summed E-state index contributed by atoms with van der Waals surface area (Å²) in [5.41, 5.74) is 0. The number of unbranched alkanes of at least 4 members (excludes halogenated alkanes) is 4. The zero-order valence-corrected chi connectivity index (χ0v) is 19.3. The van der Waals surface area contributed by atoms with E-state index < -0.39 is 5.97 Å². The highest BCUT2D eigenvalue weighted by atomic mass is 79.9. The first-order valence-corrected chi connectivity index (χ1v) is 10.9. The third kappa shape index (κ3) is 56.7. The number of carbonyl (C=O) groups excluding carboxylic acids is 1. The predicted molar refractivity (Wildman–Crippen MR) is 117 cm³/mol. The first-order chi connectivity index (χ1) is 12.3. The number of ketones is 1. The summed E-state index contributed by atoms with van der Waals surface area (Å²) in [6, 6.07) is 0. The minimum atomic E-state index is -0.695. The summed E-state index contributed by atoms with van der Waals surface area (Å²) >= 11 is 3.35. The number of carboxylic acid groups (broad SMARTS) is 1. The molecule has 0 heterocycles. The third-order valence-corrected chi connectivity index (χ3v) is 3.71. The Kier molecular flexibility index (Phi) is 40.6. The topological polar surface area (TPSA) is 74.6 Å². The van der Waals surface area contributed by atoms with Gasteiger partial charge in [0.25, 0.3) is 0 Å². The number of Topliss-reactive ketones (excluding diaryl/α,β-unsaturated/α-hetero) is 1. The summed E-state index contributed by atoms with van der Waals surface area (Å²) in [4.78, 5) is 19.9. The molecule has 0 saturated carbocycles. The van der Waals surface area contributed by atoms with E-state index in [1.807, 2.05) is 13.8 Å². The molecule has 0 aromatic rings. The predicted octanol–water partition coefficient (Wildman–Crippen LogP) is 6.40. The van der Waals surface area contributed by atoms with Crippen LogP contribution in [0, 0.1) is 5.92 Å². The number of halogens is 1. The number of aliphatic hydroxyl groups excluding tert-OH is 1. The second kappa shape index (κ2) is 32.0. The van der Waals surface area contributed by atoms with Crippen LogP contribution in [-0.4, -0.2) is 33.9 Å². The van der Waals surface area contributed by atoms with Crippen LogP contribution < -0.4 is 0 Å². The maximum atomic E-state index is 9.97. The van der Waals surface area contributed by atoms with Gasteiger partial charge in [0, 0.05) is 24.8 Å². The minimum Gasteiger partial charge on any atom is -0.481 e.